The topological polar surface area (TPSA) is 75.9 Å². The van der Waals surface area contributed by atoms with Crippen molar-refractivity contribution in [2.75, 3.05) is 24.5 Å². The first-order chi connectivity index (χ1) is 13.6. The normalized spacial score (nSPS) is 15.2. The maximum absolute atomic E-state index is 13.1. The van der Waals surface area contributed by atoms with Crippen LogP contribution in [0, 0.1) is 12.3 Å². The van der Waals surface area contributed by atoms with Gasteiger partial charge in [-0.15, -0.1) is 0 Å². The molecule has 1 N–H and O–H groups in total. The summed E-state index contributed by atoms with van der Waals surface area (Å²) in [6, 6.07) is 10.2. The number of aryl methyl sites for hydroxylation is 2. The monoisotopic (exact) mass is 396 g/mol. The Balaban J connectivity index is 1.39. The second-order valence-electron chi connectivity index (χ2n) is 7.33. The molecule has 28 heavy (non-hydrogen) atoms. The van der Waals surface area contributed by atoms with Crippen LogP contribution >= 0.6 is 11.5 Å². The second-order valence-corrected chi connectivity index (χ2v) is 8.06. The molecule has 3 heterocycles. The van der Waals surface area contributed by atoms with Gasteiger partial charge in [0.25, 0.3) is 0 Å². The van der Waals surface area contributed by atoms with Gasteiger partial charge in [-0.1, -0.05) is 30.3 Å². The summed E-state index contributed by atoms with van der Waals surface area (Å²) in [5.41, 5.74) is 0.764. The fraction of sp³-hybridized carbons (Fsp3) is 0.400. The number of carbonyl (C=O) groups excluding carboxylic acids is 1. The Morgan fingerprint density at radius 1 is 1.29 bits per heavy atom. The molecule has 1 saturated heterocycles. The van der Waals surface area contributed by atoms with Gasteiger partial charge in [0.2, 0.25) is 11.0 Å². The minimum atomic E-state index is -0.421. The molecule has 1 aliphatic rings. The Bertz CT molecular complexity index is 902. The van der Waals surface area contributed by atoms with Crippen molar-refractivity contribution in [3.8, 4) is 0 Å². The van der Waals surface area contributed by atoms with Gasteiger partial charge in [-0.2, -0.15) is 4.37 Å². The standard InChI is InChI=1S/C20H24N6OS/c1-16-23-19(28-24-16)26-13-20(14-26,12-17-6-3-2-4-7-17)18(27)22-8-5-10-25-11-9-21-15-25/h2-4,6-7,9,11,15H,5,8,10,12-14H2,1H3,(H,22,27). The van der Waals surface area contributed by atoms with Gasteiger partial charge in [-0.05, 0) is 25.3 Å². The summed E-state index contributed by atoms with van der Waals surface area (Å²) in [5.74, 6) is 0.906. The lowest BCUT2D eigenvalue weighted by Crippen LogP contribution is -2.64. The first-order valence-electron chi connectivity index (χ1n) is 9.48. The zero-order chi connectivity index (χ0) is 19.4. The highest BCUT2D eigenvalue weighted by molar-refractivity contribution is 7.09. The largest absolute Gasteiger partial charge is 0.355 e. The highest BCUT2D eigenvalue weighted by Crippen LogP contribution is 2.38. The number of carbonyl (C=O) groups is 1. The molecule has 0 saturated carbocycles. The van der Waals surface area contributed by atoms with Crippen molar-refractivity contribution in [2.45, 2.75) is 26.3 Å². The summed E-state index contributed by atoms with van der Waals surface area (Å²) >= 11 is 1.40. The maximum Gasteiger partial charge on any atom is 0.230 e. The number of benzene rings is 1. The van der Waals surface area contributed by atoms with E-state index in [0.29, 0.717) is 19.6 Å². The fourth-order valence-electron chi connectivity index (χ4n) is 3.63. The number of hydrogen-bond donors (Lipinski definition) is 1. The van der Waals surface area contributed by atoms with Crippen molar-refractivity contribution >= 4 is 22.6 Å². The molecule has 7 nitrogen and oxygen atoms in total. The number of nitrogens with zero attached hydrogens (tertiary/aromatic N) is 5. The summed E-state index contributed by atoms with van der Waals surface area (Å²) in [6.07, 6.45) is 7.11. The van der Waals surface area contributed by atoms with Gasteiger partial charge in [0.1, 0.15) is 5.82 Å². The SMILES string of the molecule is Cc1nsc(N2CC(Cc3ccccc3)(C(=O)NCCCn3ccnc3)C2)n1. The highest BCUT2D eigenvalue weighted by atomic mass is 32.1. The molecule has 146 valence electrons. The summed E-state index contributed by atoms with van der Waals surface area (Å²) in [4.78, 5) is 23.8. The minimum Gasteiger partial charge on any atom is -0.355 e. The van der Waals surface area contributed by atoms with Gasteiger partial charge in [0, 0.05) is 50.1 Å². The lowest BCUT2D eigenvalue weighted by Gasteiger charge is -2.48. The Kier molecular flexibility index (Phi) is 5.38. The van der Waals surface area contributed by atoms with Crippen LogP contribution in [-0.4, -0.2) is 44.5 Å². The third-order valence-electron chi connectivity index (χ3n) is 5.08. The van der Waals surface area contributed by atoms with Crippen LogP contribution in [0.3, 0.4) is 0 Å². The van der Waals surface area contributed by atoms with Gasteiger partial charge in [-0.3, -0.25) is 4.79 Å². The van der Waals surface area contributed by atoms with E-state index in [1.807, 2.05) is 35.9 Å². The number of amides is 1. The molecule has 8 heteroatoms. The Labute approximate surface area is 168 Å². The van der Waals surface area contributed by atoms with Gasteiger partial charge in [0.15, 0.2) is 0 Å². The lowest BCUT2D eigenvalue weighted by molar-refractivity contribution is -0.132. The van der Waals surface area contributed by atoms with Crippen molar-refractivity contribution in [2.24, 2.45) is 5.41 Å². The lowest BCUT2D eigenvalue weighted by atomic mass is 9.74. The van der Waals surface area contributed by atoms with Crippen molar-refractivity contribution in [3.05, 3.63) is 60.4 Å². The molecule has 0 radical (unpaired) electrons. The molecule has 0 atom stereocenters. The quantitative estimate of drug-likeness (QED) is 0.591. The molecule has 2 aromatic heterocycles. The van der Waals surface area contributed by atoms with Gasteiger partial charge in [0.05, 0.1) is 11.7 Å². The van der Waals surface area contributed by atoms with Crippen LogP contribution in [0.4, 0.5) is 5.13 Å². The van der Waals surface area contributed by atoms with E-state index in [2.05, 4.69) is 36.7 Å². The Morgan fingerprint density at radius 3 is 2.79 bits per heavy atom. The second kappa shape index (κ2) is 8.10. The highest BCUT2D eigenvalue weighted by Gasteiger charge is 2.50. The fourth-order valence-corrected chi connectivity index (χ4v) is 4.30. The van der Waals surface area contributed by atoms with E-state index in [1.165, 1.54) is 17.1 Å². The van der Waals surface area contributed by atoms with Crippen LogP contribution in [0.1, 0.15) is 17.8 Å². The number of imidazole rings is 1. The van der Waals surface area contributed by atoms with E-state index >= 15 is 0 Å². The molecule has 1 aliphatic heterocycles. The Hall–Kier alpha value is -2.74. The molecule has 4 rings (SSSR count). The molecule has 1 aromatic carbocycles. The summed E-state index contributed by atoms with van der Waals surface area (Å²) in [6.45, 7) is 4.74. The maximum atomic E-state index is 13.1. The van der Waals surface area contributed by atoms with Gasteiger partial charge < -0.3 is 14.8 Å². The molecule has 0 unspecified atom stereocenters. The van der Waals surface area contributed by atoms with Crippen LogP contribution in [0.2, 0.25) is 0 Å². The first-order valence-corrected chi connectivity index (χ1v) is 10.3. The van der Waals surface area contributed by atoms with E-state index in [0.717, 1.165) is 30.3 Å². The van der Waals surface area contributed by atoms with E-state index in [1.54, 1.807) is 12.5 Å². The van der Waals surface area contributed by atoms with Crippen molar-refractivity contribution in [3.63, 3.8) is 0 Å². The van der Waals surface area contributed by atoms with E-state index in [4.69, 9.17) is 0 Å². The van der Waals surface area contributed by atoms with Crippen molar-refractivity contribution in [1.82, 2.24) is 24.2 Å². The number of rotatable bonds is 8. The van der Waals surface area contributed by atoms with Crippen molar-refractivity contribution < 1.29 is 4.79 Å². The summed E-state index contributed by atoms with van der Waals surface area (Å²) < 4.78 is 6.28. The van der Waals surface area contributed by atoms with E-state index in [9.17, 15) is 4.79 Å². The predicted octanol–water partition coefficient (Wildman–Crippen LogP) is 2.30. The third-order valence-corrected chi connectivity index (χ3v) is 5.95. The number of nitrogens with one attached hydrogen (secondary N) is 1. The molecular formula is C20H24N6OS. The average molecular weight is 397 g/mol. The number of anilines is 1. The molecule has 0 aliphatic carbocycles. The molecule has 1 fully saturated rings. The van der Waals surface area contributed by atoms with Crippen LogP contribution in [-0.2, 0) is 17.8 Å². The third kappa shape index (κ3) is 4.06. The molecular weight excluding hydrogens is 372 g/mol. The summed E-state index contributed by atoms with van der Waals surface area (Å²) in [7, 11) is 0. The molecule has 0 bridgehead atoms. The van der Waals surface area contributed by atoms with Gasteiger partial charge >= 0.3 is 0 Å². The first kappa shape index (κ1) is 18.6. The zero-order valence-corrected chi connectivity index (χ0v) is 16.7. The van der Waals surface area contributed by atoms with Crippen LogP contribution in [0.25, 0.3) is 0 Å². The predicted molar refractivity (Wildman–Crippen MR) is 109 cm³/mol. The smallest absolute Gasteiger partial charge is 0.230 e. The van der Waals surface area contributed by atoms with Gasteiger partial charge in [-0.25, -0.2) is 9.97 Å². The van der Waals surface area contributed by atoms with E-state index in [-0.39, 0.29) is 5.91 Å². The Morgan fingerprint density at radius 2 is 2.11 bits per heavy atom. The minimum absolute atomic E-state index is 0.125. The van der Waals surface area contributed by atoms with E-state index < -0.39 is 5.41 Å². The van der Waals surface area contributed by atoms with Crippen molar-refractivity contribution in [1.29, 1.82) is 0 Å². The molecule has 0 spiro atoms. The zero-order valence-electron chi connectivity index (χ0n) is 15.9. The number of aromatic nitrogens is 4. The molecule has 3 aromatic rings. The average Bonchev–Trinajstić information content (AvgIpc) is 3.34. The van der Waals surface area contributed by atoms with Crippen LogP contribution in [0.5, 0.6) is 0 Å². The van der Waals surface area contributed by atoms with Crippen LogP contribution in [0.15, 0.2) is 49.1 Å². The van der Waals surface area contributed by atoms with Crippen LogP contribution < -0.4 is 10.2 Å². The number of hydrogen-bond acceptors (Lipinski definition) is 6. The molecule has 1 amide bonds. The summed E-state index contributed by atoms with van der Waals surface area (Å²) in [5, 5.41) is 4.05.